The second-order valence-electron chi connectivity index (χ2n) is 6.04. The highest BCUT2D eigenvalue weighted by Crippen LogP contribution is 2.27. The zero-order chi connectivity index (χ0) is 19.3. The molecular weight excluding hydrogens is 375 g/mol. The van der Waals surface area contributed by atoms with Crippen LogP contribution >= 0.6 is 23.2 Å². The van der Waals surface area contributed by atoms with Crippen LogP contribution in [-0.4, -0.2) is 25.0 Å². The van der Waals surface area contributed by atoms with Crippen molar-refractivity contribution in [1.82, 2.24) is 5.32 Å². The summed E-state index contributed by atoms with van der Waals surface area (Å²) in [6, 6.07) is 10.7. The Hall–Kier alpha value is -2.24. The van der Waals surface area contributed by atoms with E-state index in [1.807, 2.05) is 13.8 Å². The van der Waals surface area contributed by atoms with E-state index in [4.69, 9.17) is 27.9 Å². The maximum absolute atomic E-state index is 12.6. The van der Waals surface area contributed by atoms with E-state index in [9.17, 15) is 9.59 Å². The van der Waals surface area contributed by atoms with Crippen molar-refractivity contribution < 1.29 is 14.3 Å². The molecule has 138 valence electrons. The molecule has 0 aromatic heterocycles. The van der Waals surface area contributed by atoms with Crippen LogP contribution in [0, 0.1) is 5.92 Å². The minimum Gasteiger partial charge on any atom is -0.495 e. The topological polar surface area (TPSA) is 67.4 Å². The fraction of sp³-hybridized carbons (Fsp3) is 0.263. The fourth-order valence-corrected chi connectivity index (χ4v) is 2.71. The van der Waals surface area contributed by atoms with Crippen molar-refractivity contribution in [2.45, 2.75) is 19.9 Å². The molecule has 26 heavy (non-hydrogen) atoms. The lowest BCUT2D eigenvalue weighted by Crippen LogP contribution is -2.47. The summed E-state index contributed by atoms with van der Waals surface area (Å²) in [7, 11) is 1.51. The highest BCUT2D eigenvalue weighted by atomic mass is 35.5. The Kier molecular flexibility index (Phi) is 6.89. The molecule has 0 bridgehead atoms. The lowest BCUT2D eigenvalue weighted by molar-refractivity contribution is -0.118. The van der Waals surface area contributed by atoms with Crippen molar-refractivity contribution in [2.75, 3.05) is 12.4 Å². The Labute approximate surface area is 162 Å². The number of amides is 2. The van der Waals surface area contributed by atoms with Crippen molar-refractivity contribution in [3.05, 3.63) is 58.1 Å². The molecule has 0 radical (unpaired) electrons. The van der Waals surface area contributed by atoms with E-state index in [1.165, 1.54) is 7.11 Å². The van der Waals surface area contributed by atoms with E-state index in [2.05, 4.69) is 10.6 Å². The third kappa shape index (κ3) is 5.13. The van der Waals surface area contributed by atoms with Gasteiger partial charge in [-0.15, -0.1) is 0 Å². The quantitative estimate of drug-likeness (QED) is 0.762. The first-order valence-electron chi connectivity index (χ1n) is 8.02. The predicted molar refractivity (Wildman–Crippen MR) is 104 cm³/mol. The Balaban J connectivity index is 2.10. The molecule has 2 aromatic rings. The molecule has 0 saturated carbocycles. The van der Waals surface area contributed by atoms with Gasteiger partial charge in [-0.25, -0.2) is 0 Å². The highest BCUT2D eigenvalue weighted by molar-refractivity contribution is 6.32. The first-order chi connectivity index (χ1) is 12.3. The van der Waals surface area contributed by atoms with Crippen LogP contribution in [-0.2, 0) is 4.79 Å². The third-order valence-electron chi connectivity index (χ3n) is 3.76. The largest absolute Gasteiger partial charge is 0.495 e. The molecule has 2 N–H and O–H groups in total. The molecule has 2 aromatic carbocycles. The van der Waals surface area contributed by atoms with E-state index >= 15 is 0 Å². The van der Waals surface area contributed by atoms with Gasteiger partial charge >= 0.3 is 0 Å². The lowest BCUT2D eigenvalue weighted by Gasteiger charge is -2.22. The number of hydrogen-bond acceptors (Lipinski definition) is 3. The maximum atomic E-state index is 12.6. The number of halogens is 2. The molecule has 0 saturated heterocycles. The number of benzene rings is 2. The fourth-order valence-electron chi connectivity index (χ4n) is 2.32. The molecule has 7 heteroatoms. The maximum Gasteiger partial charge on any atom is 0.251 e. The number of nitrogens with one attached hydrogen (secondary N) is 2. The van der Waals surface area contributed by atoms with Crippen LogP contribution in [0.1, 0.15) is 24.2 Å². The number of methoxy groups -OCH3 is 1. The van der Waals surface area contributed by atoms with Gasteiger partial charge in [-0.2, -0.15) is 0 Å². The van der Waals surface area contributed by atoms with Crippen LogP contribution in [0.3, 0.4) is 0 Å². The molecule has 0 aliphatic heterocycles. The van der Waals surface area contributed by atoms with Gasteiger partial charge in [0.15, 0.2) is 0 Å². The van der Waals surface area contributed by atoms with Crippen LogP contribution in [0.2, 0.25) is 10.0 Å². The number of hydrogen-bond donors (Lipinski definition) is 2. The lowest BCUT2D eigenvalue weighted by atomic mass is 10.0. The number of anilines is 1. The van der Waals surface area contributed by atoms with Crippen LogP contribution < -0.4 is 15.4 Å². The minimum absolute atomic E-state index is 0.111. The van der Waals surface area contributed by atoms with Crippen molar-refractivity contribution in [3.8, 4) is 5.75 Å². The molecule has 0 aliphatic carbocycles. The average molecular weight is 395 g/mol. The monoisotopic (exact) mass is 394 g/mol. The number of carbonyl (C=O) groups is 2. The molecule has 0 fully saturated rings. The van der Waals surface area contributed by atoms with Gasteiger partial charge in [-0.05, 0) is 48.4 Å². The summed E-state index contributed by atoms with van der Waals surface area (Å²) in [5.74, 6) is -0.270. The highest BCUT2D eigenvalue weighted by Gasteiger charge is 2.25. The van der Waals surface area contributed by atoms with E-state index < -0.39 is 6.04 Å². The van der Waals surface area contributed by atoms with Crippen molar-refractivity contribution in [3.63, 3.8) is 0 Å². The molecule has 0 spiro atoms. The average Bonchev–Trinajstić information content (AvgIpc) is 2.59. The van der Waals surface area contributed by atoms with Gasteiger partial charge in [0.1, 0.15) is 11.8 Å². The summed E-state index contributed by atoms with van der Waals surface area (Å²) in [6.45, 7) is 3.71. The normalized spacial score (nSPS) is 11.8. The summed E-state index contributed by atoms with van der Waals surface area (Å²) < 4.78 is 5.09. The number of ether oxygens (including phenoxy) is 1. The van der Waals surface area contributed by atoms with Crippen LogP contribution in [0.4, 0.5) is 5.69 Å². The smallest absolute Gasteiger partial charge is 0.251 e. The molecule has 1 atom stereocenters. The predicted octanol–water partition coefficient (Wildman–Crippen LogP) is 4.40. The molecular formula is C19H20Cl2N2O3. The zero-order valence-corrected chi connectivity index (χ0v) is 16.2. The van der Waals surface area contributed by atoms with Crippen molar-refractivity contribution in [2.24, 2.45) is 5.92 Å². The second kappa shape index (κ2) is 8.92. The molecule has 5 nitrogen and oxygen atoms in total. The van der Waals surface area contributed by atoms with Crippen LogP contribution in [0.15, 0.2) is 42.5 Å². The summed E-state index contributed by atoms with van der Waals surface area (Å²) in [5.41, 5.74) is 0.951. The molecule has 0 unspecified atom stereocenters. The standard InChI is InChI=1S/C19H20Cl2N2O3/c1-11(2)17(23-18(24)12-4-6-13(20)7-5-12)19(25)22-14-8-9-16(26-3)15(21)10-14/h4-11,17H,1-3H3,(H,22,25)(H,23,24)/t17-/m1/s1. The van der Waals surface area contributed by atoms with Gasteiger partial charge in [-0.3, -0.25) is 9.59 Å². The first kappa shape index (κ1) is 20.1. The summed E-state index contributed by atoms with van der Waals surface area (Å²) in [4.78, 5) is 25.0. The first-order valence-corrected chi connectivity index (χ1v) is 8.78. The van der Waals surface area contributed by atoms with E-state index in [0.29, 0.717) is 27.0 Å². The van der Waals surface area contributed by atoms with Crippen LogP contribution in [0.25, 0.3) is 0 Å². The van der Waals surface area contributed by atoms with E-state index in [0.717, 1.165) is 0 Å². The SMILES string of the molecule is COc1ccc(NC(=O)[C@H](NC(=O)c2ccc(Cl)cc2)C(C)C)cc1Cl. The second-order valence-corrected chi connectivity index (χ2v) is 6.88. The Morgan fingerprint density at radius 3 is 2.23 bits per heavy atom. The molecule has 0 heterocycles. The number of rotatable bonds is 6. The summed E-state index contributed by atoms with van der Waals surface area (Å²) in [5, 5.41) is 6.45. The molecule has 2 amide bonds. The molecule has 0 aliphatic rings. The Morgan fingerprint density at radius 2 is 1.69 bits per heavy atom. The van der Waals surface area contributed by atoms with Gasteiger partial charge in [0.2, 0.25) is 5.91 Å². The Morgan fingerprint density at radius 1 is 1.04 bits per heavy atom. The number of carbonyl (C=O) groups excluding carboxylic acids is 2. The minimum atomic E-state index is -0.709. The Bertz CT molecular complexity index is 792. The summed E-state index contributed by atoms with van der Waals surface area (Å²) >= 11 is 11.9. The van der Waals surface area contributed by atoms with Gasteiger partial charge in [0.25, 0.3) is 5.91 Å². The van der Waals surface area contributed by atoms with Gasteiger partial charge < -0.3 is 15.4 Å². The molecule has 2 rings (SSSR count). The van der Waals surface area contributed by atoms with E-state index in [1.54, 1.807) is 42.5 Å². The zero-order valence-electron chi connectivity index (χ0n) is 14.7. The third-order valence-corrected chi connectivity index (χ3v) is 4.31. The summed E-state index contributed by atoms with van der Waals surface area (Å²) in [6.07, 6.45) is 0. The van der Waals surface area contributed by atoms with Gasteiger partial charge in [0, 0.05) is 16.3 Å². The van der Waals surface area contributed by atoms with Crippen LogP contribution in [0.5, 0.6) is 5.75 Å². The van der Waals surface area contributed by atoms with Crippen molar-refractivity contribution >= 4 is 40.7 Å². The van der Waals surface area contributed by atoms with Gasteiger partial charge in [-0.1, -0.05) is 37.0 Å². The van der Waals surface area contributed by atoms with Crippen molar-refractivity contribution in [1.29, 1.82) is 0 Å². The van der Waals surface area contributed by atoms with E-state index in [-0.39, 0.29) is 17.7 Å². The van der Waals surface area contributed by atoms with Gasteiger partial charge in [0.05, 0.1) is 12.1 Å².